The number of hydrogen-bond acceptors (Lipinski definition) is 1. The van der Waals surface area contributed by atoms with E-state index in [4.69, 9.17) is 0 Å². The van der Waals surface area contributed by atoms with E-state index in [2.05, 4.69) is 36.3 Å². The average molecular weight is 240 g/mol. The molecule has 0 unspecified atom stereocenters. The monoisotopic (exact) mass is 240 g/mol. The molecule has 0 bridgehead atoms. The van der Waals surface area contributed by atoms with Gasteiger partial charge in [-0.25, -0.2) is 4.99 Å². The summed E-state index contributed by atoms with van der Waals surface area (Å²) in [5, 5.41) is 0. The smallest absolute Gasteiger partial charge is 0.154 e. The van der Waals surface area contributed by atoms with Crippen molar-refractivity contribution in [2.45, 2.75) is 19.8 Å². The van der Waals surface area contributed by atoms with Gasteiger partial charge in [0.15, 0.2) is 5.84 Å². The zero-order valence-electron chi connectivity index (χ0n) is 11.0. The highest BCUT2D eigenvalue weighted by Gasteiger charge is 1.99. The van der Waals surface area contributed by atoms with Gasteiger partial charge in [0.2, 0.25) is 0 Å². The van der Waals surface area contributed by atoms with E-state index in [1.54, 1.807) is 0 Å². The summed E-state index contributed by atoms with van der Waals surface area (Å²) >= 11 is 0. The fourth-order valence-corrected chi connectivity index (χ4v) is 1.53. The van der Waals surface area contributed by atoms with Crippen LogP contribution in [0.25, 0.3) is 0 Å². The molecule has 0 aliphatic rings. The number of rotatable bonds is 6. The third-order valence-electron chi connectivity index (χ3n) is 2.55. The molecule has 0 aliphatic heterocycles. The second-order valence-corrected chi connectivity index (χ2v) is 3.94. The first-order valence-electron chi connectivity index (χ1n) is 6.19. The van der Waals surface area contributed by atoms with Gasteiger partial charge in [-0.15, -0.1) is 0 Å². The van der Waals surface area contributed by atoms with E-state index in [9.17, 15) is 0 Å². The summed E-state index contributed by atoms with van der Waals surface area (Å²) in [5.74, 6) is 0.680. The number of amidine groups is 1. The Hall–Kier alpha value is -1.96. The van der Waals surface area contributed by atoms with Crippen molar-refractivity contribution in [3.8, 4) is 0 Å². The summed E-state index contributed by atoms with van der Waals surface area (Å²) in [6.07, 6.45) is 6.21. The maximum absolute atomic E-state index is 4.48. The molecule has 0 spiro atoms. The van der Waals surface area contributed by atoms with Crippen molar-refractivity contribution in [1.29, 1.82) is 0 Å². The molecule has 0 amide bonds. The van der Waals surface area contributed by atoms with Crippen LogP contribution < -0.4 is 0 Å². The predicted molar refractivity (Wildman–Crippen MR) is 80.6 cm³/mol. The van der Waals surface area contributed by atoms with Crippen LogP contribution in [0.15, 0.2) is 64.6 Å². The van der Waals surface area contributed by atoms with Gasteiger partial charge in [0.25, 0.3) is 0 Å². The summed E-state index contributed by atoms with van der Waals surface area (Å²) in [5.41, 5.74) is 2.13. The van der Waals surface area contributed by atoms with Crippen LogP contribution in [0.4, 0.5) is 0 Å². The average Bonchev–Trinajstić information content (AvgIpc) is 2.44. The fraction of sp³-hybridized carbons (Fsp3) is 0.250. The summed E-state index contributed by atoms with van der Waals surface area (Å²) in [4.78, 5) is 8.47. The lowest BCUT2D eigenvalue weighted by Crippen LogP contribution is -1.98. The van der Waals surface area contributed by atoms with E-state index in [0.717, 1.165) is 24.0 Å². The molecule has 0 saturated carbocycles. The number of benzene rings is 1. The number of nitrogens with zero attached hydrogens (tertiary/aromatic N) is 2. The minimum atomic E-state index is 0.604. The third-order valence-corrected chi connectivity index (χ3v) is 2.55. The van der Waals surface area contributed by atoms with Crippen molar-refractivity contribution < 1.29 is 0 Å². The highest BCUT2D eigenvalue weighted by Crippen LogP contribution is 2.06. The molecule has 0 N–H and O–H groups in total. The van der Waals surface area contributed by atoms with Gasteiger partial charge in [-0.05, 0) is 18.7 Å². The lowest BCUT2D eigenvalue weighted by molar-refractivity contribution is 0.946. The van der Waals surface area contributed by atoms with Crippen LogP contribution in [-0.2, 0) is 0 Å². The van der Waals surface area contributed by atoms with Gasteiger partial charge in [-0.2, -0.15) is 0 Å². The maximum atomic E-state index is 4.48. The Morgan fingerprint density at radius 3 is 2.56 bits per heavy atom. The van der Waals surface area contributed by atoms with Gasteiger partial charge >= 0.3 is 0 Å². The second-order valence-electron chi connectivity index (χ2n) is 3.94. The third kappa shape index (κ3) is 4.50. The van der Waals surface area contributed by atoms with Crippen LogP contribution in [0.1, 0.15) is 25.3 Å². The number of hydrogen-bond donors (Lipinski definition) is 0. The van der Waals surface area contributed by atoms with E-state index in [1.165, 1.54) is 0 Å². The molecule has 94 valence electrons. The van der Waals surface area contributed by atoms with Gasteiger partial charge in [0.1, 0.15) is 0 Å². The molecule has 0 radical (unpaired) electrons. The molecule has 1 rings (SSSR count). The zero-order valence-corrected chi connectivity index (χ0v) is 11.0. The van der Waals surface area contributed by atoms with Crippen LogP contribution in [0, 0.1) is 0 Å². The van der Waals surface area contributed by atoms with Crippen molar-refractivity contribution in [1.82, 2.24) is 0 Å². The van der Waals surface area contributed by atoms with Crippen LogP contribution >= 0.6 is 0 Å². The van der Waals surface area contributed by atoms with Gasteiger partial charge in [0.05, 0.1) is 6.54 Å². The van der Waals surface area contributed by atoms with Crippen LogP contribution in [0.2, 0.25) is 0 Å². The summed E-state index contributed by atoms with van der Waals surface area (Å²) in [6, 6.07) is 9.88. The molecule has 0 atom stereocenters. The second kappa shape index (κ2) is 8.18. The van der Waals surface area contributed by atoms with Crippen molar-refractivity contribution >= 4 is 12.6 Å². The van der Waals surface area contributed by atoms with Crippen molar-refractivity contribution in [3.05, 3.63) is 60.2 Å². The minimum absolute atomic E-state index is 0.604. The van der Waals surface area contributed by atoms with E-state index in [-0.39, 0.29) is 0 Å². The van der Waals surface area contributed by atoms with Gasteiger partial charge in [0, 0.05) is 5.56 Å². The van der Waals surface area contributed by atoms with E-state index in [1.807, 2.05) is 36.4 Å². The van der Waals surface area contributed by atoms with Gasteiger partial charge < -0.3 is 0 Å². The minimum Gasteiger partial charge on any atom is -0.261 e. The van der Waals surface area contributed by atoms with E-state index in [0.29, 0.717) is 12.4 Å². The van der Waals surface area contributed by atoms with Crippen molar-refractivity contribution in [2.75, 3.05) is 6.54 Å². The Morgan fingerprint density at radius 2 is 2.00 bits per heavy atom. The Morgan fingerprint density at radius 1 is 1.28 bits per heavy atom. The predicted octanol–water partition coefficient (Wildman–Crippen LogP) is 4.05. The highest BCUT2D eigenvalue weighted by molar-refractivity contribution is 6.01. The zero-order chi connectivity index (χ0) is 13.2. The Kier molecular flexibility index (Phi) is 6.41. The summed E-state index contributed by atoms with van der Waals surface area (Å²) in [6.45, 7) is 10.1. The molecular formula is C16H20N2. The maximum Gasteiger partial charge on any atom is 0.154 e. The largest absolute Gasteiger partial charge is 0.261 e. The van der Waals surface area contributed by atoms with E-state index < -0.39 is 0 Å². The first-order chi connectivity index (χ1) is 8.81. The lowest BCUT2D eigenvalue weighted by Gasteiger charge is -2.02. The van der Waals surface area contributed by atoms with Crippen LogP contribution in [0.5, 0.6) is 0 Å². The standard InChI is InChI=1S/C16H20N2/c1-4-6-10-14(5-2)13-18-16(17-3)15-11-8-7-9-12-15/h5,7-12H,2-4,6,13H2,1H3/b14-10+,18-16?. The Balaban J connectivity index is 2.80. The van der Waals surface area contributed by atoms with Crippen molar-refractivity contribution in [3.63, 3.8) is 0 Å². The first-order valence-corrected chi connectivity index (χ1v) is 6.19. The molecule has 2 nitrogen and oxygen atoms in total. The fourth-order valence-electron chi connectivity index (χ4n) is 1.53. The summed E-state index contributed by atoms with van der Waals surface area (Å²) < 4.78 is 0. The highest BCUT2D eigenvalue weighted by atomic mass is 14.9. The molecule has 1 aromatic carbocycles. The molecule has 2 heteroatoms. The Bertz CT molecular complexity index is 441. The summed E-state index contributed by atoms with van der Waals surface area (Å²) in [7, 11) is 0. The normalized spacial score (nSPS) is 12.3. The molecule has 0 aliphatic carbocycles. The number of aliphatic imine (C=N–C) groups is 2. The molecule has 0 saturated heterocycles. The lowest BCUT2D eigenvalue weighted by atomic mass is 10.2. The van der Waals surface area contributed by atoms with Crippen LogP contribution in [-0.4, -0.2) is 19.1 Å². The van der Waals surface area contributed by atoms with Crippen LogP contribution in [0.3, 0.4) is 0 Å². The number of unbranched alkanes of at least 4 members (excludes halogenated alkanes) is 1. The quantitative estimate of drug-likeness (QED) is 0.407. The topological polar surface area (TPSA) is 24.7 Å². The van der Waals surface area contributed by atoms with Gasteiger partial charge in [-0.3, -0.25) is 4.99 Å². The molecule has 0 fully saturated rings. The molecule has 0 heterocycles. The first kappa shape index (κ1) is 14.1. The molecule has 0 aromatic heterocycles. The molecule has 18 heavy (non-hydrogen) atoms. The number of allylic oxidation sites excluding steroid dienone is 1. The molecular weight excluding hydrogens is 220 g/mol. The SMILES string of the molecule is C=C/C(=C\CCC)CN=C(N=C)c1ccccc1. The van der Waals surface area contributed by atoms with E-state index >= 15 is 0 Å². The molecule has 1 aromatic rings. The Labute approximate surface area is 109 Å². The van der Waals surface area contributed by atoms with Gasteiger partial charge in [-0.1, -0.05) is 62.4 Å². The van der Waals surface area contributed by atoms with Crippen molar-refractivity contribution in [2.24, 2.45) is 9.98 Å².